The van der Waals surface area contributed by atoms with Gasteiger partial charge in [-0.2, -0.15) is 0 Å². The number of hydrogen-bond acceptors (Lipinski definition) is 3. The van der Waals surface area contributed by atoms with E-state index >= 15 is 0 Å². The largest absolute Gasteiger partial charge is 0.494 e. The summed E-state index contributed by atoms with van der Waals surface area (Å²) in [6, 6.07) is 7.05. The molecule has 1 aliphatic carbocycles. The van der Waals surface area contributed by atoms with Gasteiger partial charge in [-0.1, -0.05) is 0 Å². The maximum Gasteiger partial charge on any atom is 0.251 e. The van der Waals surface area contributed by atoms with Crippen LogP contribution in [0.15, 0.2) is 24.3 Å². The number of amides is 1. The van der Waals surface area contributed by atoms with Gasteiger partial charge in [0.2, 0.25) is 0 Å². The fourth-order valence-corrected chi connectivity index (χ4v) is 2.11. The molecule has 1 aliphatic rings. The van der Waals surface area contributed by atoms with Crippen LogP contribution in [-0.4, -0.2) is 29.8 Å². The highest BCUT2D eigenvalue weighted by Crippen LogP contribution is 2.31. The fourth-order valence-electron chi connectivity index (χ4n) is 2.11. The van der Waals surface area contributed by atoms with Crippen molar-refractivity contribution in [1.29, 1.82) is 0 Å². The quantitative estimate of drug-likeness (QED) is 0.835. The molecule has 2 rings (SSSR count). The highest BCUT2D eigenvalue weighted by atomic mass is 16.5. The first kappa shape index (κ1) is 12.9. The van der Waals surface area contributed by atoms with Gasteiger partial charge in [-0.05, 0) is 50.5 Å². The second-order valence-electron chi connectivity index (χ2n) is 4.70. The normalized spacial score (nSPS) is 16.8. The van der Waals surface area contributed by atoms with Crippen molar-refractivity contribution in [2.24, 2.45) is 0 Å². The summed E-state index contributed by atoms with van der Waals surface area (Å²) in [5.74, 6) is 0.626. The Kier molecular flexibility index (Phi) is 3.87. The Bertz CT molecular complexity index is 404. The van der Waals surface area contributed by atoms with Gasteiger partial charge in [-0.25, -0.2) is 0 Å². The van der Waals surface area contributed by atoms with Crippen molar-refractivity contribution in [2.75, 3.05) is 13.2 Å². The van der Waals surface area contributed by atoms with Crippen molar-refractivity contribution in [1.82, 2.24) is 5.32 Å². The number of nitrogens with one attached hydrogen (secondary N) is 1. The van der Waals surface area contributed by atoms with Crippen molar-refractivity contribution in [3.05, 3.63) is 29.8 Å². The van der Waals surface area contributed by atoms with E-state index in [1.807, 2.05) is 6.92 Å². The molecule has 0 atom stereocenters. The molecule has 0 aliphatic heterocycles. The van der Waals surface area contributed by atoms with Crippen molar-refractivity contribution < 1.29 is 14.6 Å². The summed E-state index contributed by atoms with van der Waals surface area (Å²) in [5, 5.41) is 12.2. The molecular weight excluding hydrogens is 230 g/mol. The molecule has 1 fully saturated rings. The lowest BCUT2D eigenvalue weighted by molar-refractivity contribution is 0.0641. The Labute approximate surface area is 107 Å². The van der Waals surface area contributed by atoms with Crippen molar-refractivity contribution >= 4 is 5.91 Å². The highest BCUT2D eigenvalue weighted by Gasteiger charge is 2.37. The van der Waals surface area contributed by atoms with E-state index in [0.717, 1.165) is 25.0 Å². The summed E-state index contributed by atoms with van der Waals surface area (Å²) >= 11 is 0. The summed E-state index contributed by atoms with van der Waals surface area (Å²) in [7, 11) is 0. The van der Waals surface area contributed by atoms with Gasteiger partial charge in [0.25, 0.3) is 5.91 Å². The topological polar surface area (TPSA) is 58.6 Å². The van der Waals surface area contributed by atoms with Gasteiger partial charge in [-0.15, -0.1) is 0 Å². The summed E-state index contributed by atoms with van der Waals surface area (Å²) < 4.78 is 5.32. The Balaban J connectivity index is 2.00. The van der Waals surface area contributed by atoms with E-state index < -0.39 is 5.54 Å². The Morgan fingerprint density at radius 3 is 2.50 bits per heavy atom. The van der Waals surface area contributed by atoms with E-state index in [0.29, 0.717) is 12.2 Å². The lowest BCUT2D eigenvalue weighted by Gasteiger charge is -2.40. The van der Waals surface area contributed by atoms with Crippen LogP contribution in [0.5, 0.6) is 5.75 Å². The van der Waals surface area contributed by atoms with Gasteiger partial charge in [0, 0.05) is 5.56 Å². The van der Waals surface area contributed by atoms with Crippen LogP contribution in [-0.2, 0) is 0 Å². The lowest BCUT2D eigenvalue weighted by Crippen LogP contribution is -2.56. The lowest BCUT2D eigenvalue weighted by atomic mass is 9.77. The molecule has 0 heterocycles. The van der Waals surface area contributed by atoms with E-state index in [2.05, 4.69) is 5.32 Å². The fraction of sp³-hybridized carbons (Fsp3) is 0.500. The third-order valence-electron chi connectivity index (χ3n) is 3.42. The number of ether oxygens (including phenoxy) is 1. The third-order valence-corrected chi connectivity index (χ3v) is 3.42. The Morgan fingerprint density at radius 1 is 1.39 bits per heavy atom. The first-order valence-corrected chi connectivity index (χ1v) is 6.35. The van der Waals surface area contributed by atoms with Gasteiger partial charge in [0.05, 0.1) is 18.8 Å². The number of aliphatic hydroxyl groups is 1. The molecular formula is C14H19NO3. The molecule has 0 spiro atoms. The minimum absolute atomic E-state index is 0.00969. The van der Waals surface area contributed by atoms with Gasteiger partial charge >= 0.3 is 0 Å². The molecule has 18 heavy (non-hydrogen) atoms. The number of benzene rings is 1. The van der Waals surface area contributed by atoms with Gasteiger partial charge in [-0.3, -0.25) is 4.79 Å². The standard InChI is InChI=1S/C14H19NO3/c1-2-18-12-6-4-11(5-7-12)13(17)15-14(10-16)8-3-9-14/h4-7,16H,2-3,8-10H2,1H3,(H,15,17). The van der Waals surface area contributed by atoms with E-state index in [1.54, 1.807) is 24.3 Å². The van der Waals surface area contributed by atoms with Crippen molar-refractivity contribution in [2.45, 2.75) is 31.7 Å². The molecule has 1 aromatic rings. The zero-order chi connectivity index (χ0) is 13.0. The van der Waals surface area contributed by atoms with Crippen LogP contribution in [0.25, 0.3) is 0 Å². The second kappa shape index (κ2) is 5.40. The number of carbonyl (C=O) groups excluding carboxylic acids is 1. The number of rotatable bonds is 5. The van der Waals surface area contributed by atoms with Crippen LogP contribution in [0.4, 0.5) is 0 Å². The molecule has 2 N–H and O–H groups in total. The molecule has 0 saturated heterocycles. The van der Waals surface area contributed by atoms with E-state index in [4.69, 9.17) is 4.74 Å². The zero-order valence-corrected chi connectivity index (χ0v) is 10.6. The van der Waals surface area contributed by atoms with E-state index in [-0.39, 0.29) is 12.5 Å². The number of carbonyl (C=O) groups is 1. The molecule has 0 bridgehead atoms. The van der Waals surface area contributed by atoms with Crippen molar-refractivity contribution in [3.63, 3.8) is 0 Å². The predicted octanol–water partition coefficient (Wildman–Crippen LogP) is 1.73. The third kappa shape index (κ3) is 2.64. The molecule has 0 radical (unpaired) electrons. The van der Waals surface area contributed by atoms with Crippen molar-refractivity contribution in [3.8, 4) is 5.75 Å². The average molecular weight is 249 g/mol. The summed E-state index contributed by atoms with van der Waals surface area (Å²) in [5.41, 5.74) is 0.202. The summed E-state index contributed by atoms with van der Waals surface area (Å²) in [6.07, 6.45) is 2.77. The number of aliphatic hydroxyl groups excluding tert-OH is 1. The zero-order valence-electron chi connectivity index (χ0n) is 10.6. The molecule has 0 aromatic heterocycles. The molecule has 4 nitrogen and oxygen atoms in total. The van der Waals surface area contributed by atoms with Gasteiger partial charge in [0.15, 0.2) is 0 Å². The monoisotopic (exact) mass is 249 g/mol. The SMILES string of the molecule is CCOc1ccc(C(=O)NC2(CO)CCC2)cc1. The van der Waals surface area contributed by atoms with Crippen LogP contribution in [0, 0.1) is 0 Å². The molecule has 4 heteroatoms. The Hall–Kier alpha value is -1.55. The minimum atomic E-state index is -0.393. The van der Waals surface area contributed by atoms with Gasteiger partial charge < -0.3 is 15.2 Å². The summed E-state index contributed by atoms with van der Waals surface area (Å²) in [6.45, 7) is 2.54. The predicted molar refractivity (Wildman–Crippen MR) is 68.7 cm³/mol. The second-order valence-corrected chi connectivity index (χ2v) is 4.70. The van der Waals surface area contributed by atoms with E-state index in [1.165, 1.54) is 0 Å². The first-order valence-electron chi connectivity index (χ1n) is 6.35. The minimum Gasteiger partial charge on any atom is -0.494 e. The molecule has 0 unspecified atom stereocenters. The van der Waals surface area contributed by atoms with Gasteiger partial charge in [0.1, 0.15) is 5.75 Å². The van der Waals surface area contributed by atoms with Crippen LogP contribution in [0.2, 0.25) is 0 Å². The summed E-state index contributed by atoms with van der Waals surface area (Å²) in [4.78, 5) is 12.0. The number of hydrogen-bond donors (Lipinski definition) is 2. The smallest absolute Gasteiger partial charge is 0.251 e. The van der Waals surface area contributed by atoms with E-state index in [9.17, 15) is 9.90 Å². The molecule has 1 aromatic carbocycles. The Morgan fingerprint density at radius 2 is 2.06 bits per heavy atom. The first-order chi connectivity index (χ1) is 8.69. The van der Waals surface area contributed by atoms with Crippen LogP contribution >= 0.6 is 0 Å². The highest BCUT2D eigenvalue weighted by molar-refractivity contribution is 5.94. The van der Waals surface area contributed by atoms with Crippen LogP contribution in [0.3, 0.4) is 0 Å². The maximum absolute atomic E-state index is 12.0. The maximum atomic E-state index is 12.0. The molecule has 98 valence electrons. The molecule has 1 saturated carbocycles. The average Bonchev–Trinajstić information content (AvgIpc) is 2.35. The molecule has 1 amide bonds. The van der Waals surface area contributed by atoms with Crippen LogP contribution < -0.4 is 10.1 Å². The van der Waals surface area contributed by atoms with Crippen LogP contribution in [0.1, 0.15) is 36.5 Å².